The zero-order chi connectivity index (χ0) is 34.0. The van der Waals surface area contributed by atoms with Crippen molar-refractivity contribution in [1.29, 1.82) is 0 Å². The lowest BCUT2D eigenvalue weighted by Gasteiger charge is -2.37. The van der Waals surface area contributed by atoms with Crippen molar-refractivity contribution in [3.63, 3.8) is 0 Å². The van der Waals surface area contributed by atoms with Gasteiger partial charge in [-0.25, -0.2) is 4.79 Å². The van der Waals surface area contributed by atoms with E-state index in [1.165, 1.54) is 16.7 Å². The van der Waals surface area contributed by atoms with Crippen molar-refractivity contribution in [2.45, 2.75) is 108 Å². The molecule has 0 aromatic heterocycles. The fourth-order valence-electron chi connectivity index (χ4n) is 6.55. The smallest absolute Gasteiger partial charge is 0.410 e. The van der Waals surface area contributed by atoms with Crippen LogP contribution in [0, 0.1) is 5.92 Å². The summed E-state index contributed by atoms with van der Waals surface area (Å²) in [7, 11) is 0. The third-order valence-corrected chi connectivity index (χ3v) is 10.8. The Bertz CT molecular complexity index is 1300. The molecule has 0 aliphatic carbocycles. The van der Waals surface area contributed by atoms with Crippen molar-refractivity contribution in [2.75, 3.05) is 13.1 Å². The largest absolute Gasteiger partial charge is 0.444 e. The van der Waals surface area contributed by atoms with Crippen molar-refractivity contribution in [3.8, 4) is 0 Å². The van der Waals surface area contributed by atoms with Gasteiger partial charge in [-0.05, 0) is 63.1 Å². The molecule has 47 heavy (non-hydrogen) atoms. The number of rotatable bonds is 14. The van der Waals surface area contributed by atoms with Gasteiger partial charge >= 0.3 is 6.09 Å². The van der Waals surface area contributed by atoms with Crippen LogP contribution in [0.3, 0.4) is 0 Å². The predicted octanol–water partition coefficient (Wildman–Crippen LogP) is 8.40. The number of hydrogen-bond acceptors (Lipinski definition) is 5. The van der Waals surface area contributed by atoms with Gasteiger partial charge in [0.25, 0.3) is 0 Å². The second-order valence-corrected chi connectivity index (χ2v) is 15.5. The molecule has 3 unspecified atom stereocenters. The van der Waals surface area contributed by atoms with Crippen LogP contribution in [0.2, 0.25) is 0 Å². The van der Waals surface area contributed by atoms with Crippen molar-refractivity contribution < 1.29 is 14.3 Å². The van der Waals surface area contributed by atoms with Crippen LogP contribution in [-0.4, -0.2) is 59.0 Å². The highest BCUT2D eigenvalue weighted by molar-refractivity contribution is 8.01. The Kier molecular flexibility index (Phi) is 13.0. The first kappa shape index (κ1) is 36.5. The molecule has 1 fully saturated rings. The van der Waals surface area contributed by atoms with E-state index in [0.717, 1.165) is 25.7 Å². The first-order chi connectivity index (χ1) is 22.5. The van der Waals surface area contributed by atoms with Crippen LogP contribution in [0.1, 0.15) is 90.8 Å². The van der Waals surface area contributed by atoms with Crippen LogP contribution < -0.4 is 10.6 Å². The first-order valence-electron chi connectivity index (χ1n) is 17.4. The Labute approximate surface area is 287 Å². The molecule has 1 saturated heterocycles. The van der Waals surface area contributed by atoms with Gasteiger partial charge in [-0.1, -0.05) is 125 Å². The minimum Gasteiger partial charge on any atom is -0.444 e. The highest BCUT2D eigenvalue weighted by Crippen LogP contribution is 2.52. The van der Waals surface area contributed by atoms with E-state index in [-0.39, 0.29) is 41.3 Å². The first-order valence-corrected chi connectivity index (χ1v) is 18.2. The predicted molar refractivity (Wildman–Crippen MR) is 196 cm³/mol. The molecular formula is C40H55N3O3S. The molecule has 1 aliphatic heterocycles. The summed E-state index contributed by atoms with van der Waals surface area (Å²) >= 11 is 1.89. The lowest BCUT2D eigenvalue weighted by atomic mass is 9.84. The molecule has 254 valence electrons. The number of ether oxygens (including phenoxy) is 1. The third-order valence-electron chi connectivity index (χ3n) is 9.08. The topological polar surface area (TPSA) is 70.7 Å². The fraction of sp³-hybridized carbons (Fsp3) is 0.500. The molecule has 3 aromatic carbocycles. The summed E-state index contributed by atoms with van der Waals surface area (Å²) in [5.74, 6) is 0.182. The summed E-state index contributed by atoms with van der Waals surface area (Å²) < 4.78 is 5.42. The Hall–Kier alpha value is -3.29. The van der Waals surface area contributed by atoms with E-state index in [4.69, 9.17) is 4.74 Å². The standard InChI is InChI=1S/C40H55N3O3S/c1-8-19-30(4)42-36(29(3)9-2)37(44)41-27-34-26-35(28-43(34)38(45)46-39(5,6)7)47-40(31-20-13-10-14-21-31,32-22-15-11-16-23-32)33-24-17-12-18-25-33/h10-18,20-25,29-30,34-36,42H,8-9,19,26-28H2,1-7H3,(H,41,44)/t29-,30?,34?,35?,36-/m0/s1. The van der Waals surface area contributed by atoms with Crippen molar-refractivity contribution in [2.24, 2.45) is 5.92 Å². The zero-order valence-corrected chi connectivity index (χ0v) is 30.2. The SMILES string of the molecule is CCCC(C)N[C@H](C(=O)NCC1CC(SC(c2ccccc2)(c2ccccc2)c2ccccc2)CN1C(=O)OC(C)(C)C)[C@@H](C)CC. The molecule has 1 heterocycles. The fourth-order valence-corrected chi connectivity index (χ4v) is 8.42. The molecule has 5 atom stereocenters. The molecule has 1 aliphatic rings. The summed E-state index contributed by atoms with van der Waals surface area (Å²) in [5, 5.41) is 6.92. The summed E-state index contributed by atoms with van der Waals surface area (Å²) in [6.07, 6.45) is 3.37. The minimum absolute atomic E-state index is 0.00486. The number of benzene rings is 3. The summed E-state index contributed by atoms with van der Waals surface area (Å²) in [5.41, 5.74) is 2.93. The van der Waals surface area contributed by atoms with Gasteiger partial charge in [0.15, 0.2) is 0 Å². The lowest BCUT2D eigenvalue weighted by Crippen LogP contribution is -2.53. The van der Waals surface area contributed by atoms with Gasteiger partial charge in [0, 0.05) is 24.4 Å². The number of likely N-dealkylation sites (tertiary alicyclic amines) is 1. The second kappa shape index (κ2) is 16.7. The van der Waals surface area contributed by atoms with E-state index in [0.29, 0.717) is 13.1 Å². The maximum Gasteiger partial charge on any atom is 0.410 e. The molecule has 2 N–H and O–H groups in total. The van der Waals surface area contributed by atoms with Crippen molar-refractivity contribution >= 4 is 23.8 Å². The van der Waals surface area contributed by atoms with Gasteiger partial charge in [-0.3, -0.25) is 4.79 Å². The molecule has 0 spiro atoms. The van der Waals surface area contributed by atoms with Gasteiger partial charge in [-0.15, -0.1) is 11.8 Å². The van der Waals surface area contributed by atoms with Gasteiger partial charge in [-0.2, -0.15) is 0 Å². The number of carbonyl (C=O) groups is 2. The maximum absolute atomic E-state index is 13.7. The molecule has 0 bridgehead atoms. The normalized spacial score (nSPS) is 18.7. The van der Waals surface area contributed by atoms with Crippen LogP contribution in [0.25, 0.3) is 0 Å². The number of hydrogen-bond donors (Lipinski definition) is 2. The van der Waals surface area contributed by atoms with Gasteiger partial charge in [0.1, 0.15) is 5.60 Å². The Morgan fingerprint density at radius 2 is 1.38 bits per heavy atom. The van der Waals surface area contributed by atoms with Crippen LogP contribution in [0.4, 0.5) is 4.79 Å². The Balaban J connectivity index is 1.66. The van der Waals surface area contributed by atoms with E-state index < -0.39 is 10.3 Å². The zero-order valence-electron chi connectivity index (χ0n) is 29.4. The van der Waals surface area contributed by atoms with Gasteiger partial charge in [0.05, 0.1) is 16.8 Å². The molecular weight excluding hydrogens is 603 g/mol. The van der Waals surface area contributed by atoms with Crippen molar-refractivity contribution in [3.05, 3.63) is 108 Å². The summed E-state index contributed by atoms with van der Waals surface area (Å²) in [6, 6.07) is 31.7. The average Bonchev–Trinajstić information content (AvgIpc) is 3.48. The number of nitrogens with one attached hydrogen (secondary N) is 2. The Morgan fingerprint density at radius 3 is 1.83 bits per heavy atom. The number of amides is 2. The number of thioether (sulfide) groups is 1. The van der Waals surface area contributed by atoms with E-state index >= 15 is 0 Å². The summed E-state index contributed by atoms with van der Waals surface area (Å²) in [4.78, 5) is 29.3. The van der Waals surface area contributed by atoms with E-state index in [1.807, 2.05) is 37.4 Å². The molecule has 0 saturated carbocycles. The van der Waals surface area contributed by atoms with Crippen LogP contribution in [-0.2, 0) is 14.3 Å². The third kappa shape index (κ3) is 9.41. The highest BCUT2D eigenvalue weighted by atomic mass is 32.2. The molecule has 2 amide bonds. The van der Waals surface area contributed by atoms with Crippen LogP contribution >= 0.6 is 11.8 Å². The molecule has 0 radical (unpaired) electrons. The van der Waals surface area contributed by atoms with Gasteiger partial charge < -0.3 is 20.3 Å². The maximum atomic E-state index is 13.7. The van der Waals surface area contributed by atoms with Crippen LogP contribution in [0.5, 0.6) is 0 Å². The quantitative estimate of drug-likeness (QED) is 0.171. The molecule has 7 heteroatoms. The molecule has 4 rings (SSSR count). The number of nitrogens with zero attached hydrogens (tertiary/aromatic N) is 1. The second-order valence-electron chi connectivity index (χ2n) is 14.0. The van der Waals surface area contributed by atoms with Crippen molar-refractivity contribution in [1.82, 2.24) is 15.5 Å². The van der Waals surface area contributed by atoms with E-state index in [2.05, 4.69) is 129 Å². The average molecular weight is 658 g/mol. The lowest BCUT2D eigenvalue weighted by molar-refractivity contribution is -0.124. The monoisotopic (exact) mass is 657 g/mol. The molecule has 3 aromatic rings. The summed E-state index contributed by atoms with van der Waals surface area (Å²) in [6.45, 7) is 15.2. The van der Waals surface area contributed by atoms with Crippen LogP contribution in [0.15, 0.2) is 91.0 Å². The number of carbonyl (C=O) groups excluding carboxylic acids is 2. The Morgan fingerprint density at radius 1 is 0.872 bits per heavy atom. The van der Waals surface area contributed by atoms with E-state index in [1.54, 1.807) is 0 Å². The van der Waals surface area contributed by atoms with Gasteiger partial charge in [0.2, 0.25) is 5.91 Å². The highest BCUT2D eigenvalue weighted by Gasteiger charge is 2.45. The minimum atomic E-state index is -0.626. The molecule has 6 nitrogen and oxygen atoms in total. The van der Waals surface area contributed by atoms with E-state index in [9.17, 15) is 9.59 Å².